The van der Waals surface area contributed by atoms with Crippen LogP contribution in [-0.4, -0.2) is 87.5 Å². The Bertz CT molecular complexity index is 924. The van der Waals surface area contributed by atoms with E-state index in [2.05, 4.69) is 19.2 Å². The number of hydrogen-bond donors (Lipinski definition) is 6. The van der Waals surface area contributed by atoms with Gasteiger partial charge in [0.1, 0.15) is 24.4 Å². The summed E-state index contributed by atoms with van der Waals surface area (Å²) in [5, 5.41) is 54.5. The van der Waals surface area contributed by atoms with E-state index in [1.165, 1.54) is 205 Å². The average molecular weight is 870 g/mol. The van der Waals surface area contributed by atoms with Crippen molar-refractivity contribution in [2.75, 3.05) is 13.2 Å². The molecule has 1 saturated heterocycles. The molecule has 6 N–H and O–H groups in total. The smallest absolute Gasteiger partial charge is 0.220 e. The highest BCUT2D eigenvalue weighted by molar-refractivity contribution is 5.76. The van der Waals surface area contributed by atoms with Crippen LogP contribution in [0.4, 0.5) is 0 Å². The Kier molecular flexibility index (Phi) is 41.1. The third-order valence-electron chi connectivity index (χ3n) is 13.2. The Morgan fingerprint density at radius 2 is 0.820 bits per heavy atom. The summed E-state index contributed by atoms with van der Waals surface area (Å²) in [5.74, 6) is -0.138. The summed E-state index contributed by atoms with van der Waals surface area (Å²) in [6.07, 6.45) is 42.6. The fraction of sp³-hybridized carbons (Fsp3) is 0.981. The van der Waals surface area contributed by atoms with E-state index in [0.717, 1.165) is 38.5 Å². The molecule has 0 bridgehead atoms. The van der Waals surface area contributed by atoms with Gasteiger partial charge < -0.3 is 40.3 Å². The van der Waals surface area contributed by atoms with Gasteiger partial charge in [-0.05, 0) is 12.8 Å². The molecule has 1 aliphatic rings. The van der Waals surface area contributed by atoms with E-state index in [0.29, 0.717) is 12.8 Å². The van der Waals surface area contributed by atoms with Crippen LogP contribution in [-0.2, 0) is 14.3 Å². The summed E-state index contributed by atoms with van der Waals surface area (Å²) in [6, 6.07) is -0.712. The van der Waals surface area contributed by atoms with Gasteiger partial charge in [0, 0.05) is 6.42 Å². The van der Waals surface area contributed by atoms with Crippen LogP contribution in [0.3, 0.4) is 0 Å². The average Bonchev–Trinajstić information content (AvgIpc) is 3.26. The Hall–Kier alpha value is -0.810. The fourth-order valence-electron chi connectivity index (χ4n) is 8.93. The summed E-state index contributed by atoms with van der Waals surface area (Å²) in [7, 11) is 0. The Morgan fingerprint density at radius 3 is 1.16 bits per heavy atom. The summed E-state index contributed by atoms with van der Waals surface area (Å²) in [4.78, 5) is 13.0. The van der Waals surface area contributed by atoms with E-state index in [1.54, 1.807) is 0 Å². The SMILES string of the molecule is CCCCCCCCCCCCCCCCCCCCCCCCCC(=O)N[C@@H](CO[C@@H]1O[C@H](CO)[C@@H](O)C(O)C1O)[C@H](O)CCCCCCCCCCCCCCCCC. The molecule has 2 unspecified atom stereocenters. The number of ether oxygens (including phenoxy) is 2. The van der Waals surface area contributed by atoms with Gasteiger partial charge in [0.05, 0.1) is 25.4 Å². The van der Waals surface area contributed by atoms with Crippen molar-refractivity contribution in [2.24, 2.45) is 0 Å². The molecule has 1 rings (SSSR count). The van der Waals surface area contributed by atoms with Crippen LogP contribution in [0.25, 0.3) is 0 Å². The molecule has 1 heterocycles. The number of hydrogen-bond acceptors (Lipinski definition) is 8. The van der Waals surface area contributed by atoms with E-state index in [-0.39, 0.29) is 12.5 Å². The molecule has 0 aromatic heterocycles. The number of aliphatic hydroxyl groups excluding tert-OH is 5. The third-order valence-corrected chi connectivity index (χ3v) is 13.2. The van der Waals surface area contributed by atoms with E-state index >= 15 is 0 Å². The number of nitrogens with one attached hydrogen (secondary N) is 1. The summed E-state index contributed by atoms with van der Waals surface area (Å²) < 4.78 is 11.3. The number of amides is 1. The quantitative estimate of drug-likeness (QED) is 0.0331. The van der Waals surface area contributed by atoms with Crippen molar-refractivity contribution in [1.29, 1.82) is 0 Å². The lowest BCUT2D eigenvalue weighted by atomic mass is 9.99. The van der Waals surface area contributed by atoms with Gasteiger partial charge in [-0.2, -0.15) is 0 Å². The molecule has 9 nitrogen and oxygen atoms in total. The summed E-state index contributed by atoms with van der Waals surface area (Å²) in [6.45, 7) is 3.87. The number of carbonyl (C=O) groups is 1. The number of aliphatic hydroxyl groups is 5. The Balaban J connectivity index is 2.21. The molecule has 61 heavy (non-hydrogen) atoms. The second kappa shape index (κ2) is 43.1. The van der Waals surface area contributed by atoms with Gasteiger partial charge in [-0.3, -0.25) is 4.79 Å². The van der Waals surface area contributed by atoms with Crippen molar-refractivity contribution in [3.63, 3.8) is 0 Å². The van der Waals surface area contributed by atoms with Crippen LogP contribution >= 0.6 is 0 Å². The molecule has 0 spiro atoms. The van der Waals surface area contributed by atoms with Crippen LogP contribution in [0, 0.1) is 0 Å². The molecule has 1 fully saturated rings. The molecule has 7 atom stereocenters. The van der Waals surface area contributed by atoms with E-state index in [9.17, 15) is 30.3 Å². The lowest BCUT2D eigenvalue weighted by Crippen LogP contribution is -2.60. The maximum absolute atomic E-state index is 13.0. The monoisotopic (exact) mass is 870 g/mol. The largest absolute Gasteiger partial charge is 0.394 e. The second-order valence-electron chi connectivity index (χ2n) is 19.0. The molecule has 0 aromatic carbocycles. The molecule has 0 saturated carbocycles. The first-order chi connectivity index (χ1) is 29.8. The molecule has 0 radical (unpaired) electrons. The highest BCUT2D eigenvalue weighted by Gasteiger charge is 2.44. The van der Waals surface area contributed by atoms with E-state index in [1.807, 2.05) is 0 Å². The first-order valence-electron chi connectivity index (χ1n) is 26.7. The second-order valence-corrected chi connectivity index (χ2v) is 19.0. The topological polar surface area (TPSA) is 149 Å². The maximum atomic E-state index is 13.0. The lowest BCUT2D eigenvalue weighted by Gasteiger charge is -2.40. The molecule has 1 aliphatic heterocycles. The minimum Gasteiger partial charge on any atom is -0.394 e. The van der Waals surface area contributed by atoms with Crippen LogP contribution in [0.1, 0.15) is 271 Å². The van der Waals surface area contributed by atoms with Crippen LogP contribution < -0.4 is 5.32 Å². The highest BCUT2D eigenvalue weighted by atomic mass is 16.7. The van der Waals surface area contributed by atoms with E-state index in [4.69, 9.17) is 9.47 Å². The molecule has 1 amide bonds. The van der Waals surface area contributed by atoms with Crippen molar-refractivity contribution in [2.45, 2.75) is 314 Å². The van der Waals surface area contributed by atoms with Crippen molar-refractivity contribution in [1.82, 2.24) is 5.32 Å². The molecule has 364 valence electrons. The minimum atomic E-state index is -1.55. The van der Waals surface area contributed by atoms with Gasteiger partial charge in [-0.15, -0.1) is 0 Å². The van der Waals surface area contributed by atoms with Gasteiger partial charge in [-0.25, -0.2) is 0 Å². The van der Waals surface area contributed by atoms with Gasteiger partial charge in [0.15, 0.2) is 6.29 Å². The number of carbonyl (C=O) groups excluding carboxylic acids is 1. The maximum Gasteiger partial charge on any atom is 0.220 e. The first kappa shape index (κ1) is 58.2. The van der Waals surface area contributed by atoms with Gasteiger partial charge in [0.25, 0.3) is 0 Å². The normalized spacial score (nSPS) is 20.3. The van der Waals surface area contributed by atoms with Crippen LogP contribution in [0.5, 0.6) is 0 Å². The van der Waals surface area contributed by atoms with Gasteiger partial charge >= 0.3 is 0 Å². The summed E-state index contributed by atoms with van der Waals surface area (Å²) in [5.41, 5.74) is 0. The number of unbranched alkanes of at least 4 members (excludes halogenated alkanes) is 36. The van der Waals surface area contributed by atoms with Crippen molar-refractivity contribution < 1.29 is 39.8 Å². The zero-order valence-electron chi connectivity index (χ0n) is 40.2. The van der Waals surface area contributed by atoms with Crippen molar-refractivity contribution in [3.8, 4) is 0 Å². The molecular formula is C52H103NO8. The van der Waals surface area contributed by atoms with Crippen molar-refractivity contribution >= 4 is 5.91 Å². The molecule has 0 aliphatic carbocycles. The number of rotatable bonds is 46. The standard InChI is InChI=1S/C52H103NO8/c1-3-5-7-9-11-13-15-17-19-20-21-22-23-24-25-26-28-30-32-34-36-38-40-42-48(56)53-45(44-60-52-51(59)50(58)49(57)47(43-54)61-52)46(55)41-39-37-35-33-31-29-27-18-16-14-12-10-8-6-4-2/h45-47,49-52,54-55,57-59H,3-44H2,1-2H3,(H,53,56)/t45-,46+,47+,49+,50?,51?,52+/m0/s1. The minimum absolute atomic E-state index is 0.131. The lowest BCUT2D eigenvalue weighted by molar-refractivity contribution is -0.302. The van der Waals surface area contributed by atoms with Gasteiger partial charge in [0.2, 0.25) is 5.91 Å². The first-order valence-corrected chi connectivity index (χ1v) is 26.7. The van der Waals surface area contributed by atoms with Crippen LogP contribution in [0.2, 0.25) is 0 Å². The molecule has 0 aromatic rings. The molecular weight excluding hydrogens is 767 g/mol. The predicted octanol–water partition coefficient (Wildman–Crippen LogP) is 12.3. The van der Waals surface area contributed by atoms with E-state index < -0.39 is 49.5 Å². The summed E-state index contributed by atoms with van der Waals surface area (Å²) >= 11 is 0. The van der Waals surface area contributed by atoms with Gasteiger partial charge in [-0.1, -0.05) is 251 Å². The highest BCUT2D eigenvalue weighted by Crippen LogP contribution is 2.23. The van der Waals surface area contributed by atoms with Crippen molar-refractivity contribution in [3.05, 3.63) is 0 Å². The Morgan fingerprint density at radius 1 is 0.492 bits per heavy atom. The zero-order chi connectivity index (χ0) is 44.4. The third kappa shape index (κ3) is 33.3. The predicted molar refractivity (Wildman–Crippen MR) is 254 cm³/mol. The zero-order valence-corrected chi connectivity index (χ0v) is 40.2. The Labute approximate surface area is 376 Å². The molecule has 9 heteroatoms. The van der Waals surface area contributed by atoms with Crippen LogP contribution in [0.15, 0.2) is 0 Å². The fourth-order valence-corrected chi connectivity index (χ4v) is 8.93.